The minimum Gasteiger partial charge on any atom is -0.497 e. The molecule has 1 atom stereocenters. The number of aldehydes is 1. The summed E-state index contributed by atoms with van der Waals surface area (Å²) < 4.78 is 17.6. The average molecular weight is 381 g/mol. The molecule has 0 saturated carbocycles. The molecule has 0 saturated heterocycles. The molecule has 0 bridgehead atoms. The minimum atomic E-state index is -1.96. The van der Waals surface area contributed by atoms with Crippen LogP contribution in [0.1, 0.15) is 46.6 Å². The minimum absolute atomic E-state index is 0.105. The molecular formula is C21H36O4Si. The average Bonchev–Trinajstić information content (AvgIpc) is 2.56. The van der Waals surface area contributed by atoms with Gasteiger partial charge in [0.2, 0.25) is 0 Å². The molecule has 0 aliphatic rings. The molecule has 5 heteroatoms. The molecule has 0 N–H and O–H groups in total. The van der Waals surface area contributed by atoms with Crippen LogP contribution < -0.4 is 4.74 Å². The van der Waals surface area contributed by atoms with Gasteiger partial charge in [0.25, 0.3) is 0 Å². The van der Waals surface area contributed by atoms with E-state index in [0.29, 0.717) is 19.6 Å². The van der Waals surface area contributed by atoms with Gasteiger partial charge in [-0.1, -0.05) is 46.8 Å². The smallest absolute Gasteiger partial charge is 0.192 e. The summed E-state index contributed by atoms with van der Waals surface area (Å²) in [6, 6.07) is 7.85. The first-order chi connectivity index (χ1) is 11.9. The molecule has 4 nitrogen and oxygen atoms in total. The summed E-state index contributed by atoms with van der Waals surface area (Å²) in [5.41, 5.74) is 0.571. The van der Waals surface area contributed by atoms with Crippen LogP contribution in [0.2, 0.25) is 18.1 Å². The van der Waals surface area contributed by atoms with Crippen molar-refractivity contribution in [2.24, 2.45) is 5.41 Å². The molecule has 0 heterocycles. The lowest BCUT2D eigenvalue weighted by Crippen LogP contribution is -2.48. The highest BCUT2D eigenvalue weighted by atomic mass is 28.4. The van der Waals surface area contributed by atoms with Crippen molar-refractivity contribution in [3.8, 4) is 5.75 Å². The molecule has 0 fully saturated rings. The van der Waals surface area contributed by atoms with Crippen LogP contribution in [0.3, 0.4) is 0 Å². The van der Waals surface area contributed by atoms with E-state index in [0.717, 1.165) is 17.6 Å². The summed E-state index contributed by atoms with van der Waals surface area (Å²) in [5, 5.41) is 0.105. The number of methoxy groups -OCH3 is 1. The van der Waals surface area contributed by atoms with Crippen LogP contribution in [0.4, 0.5) is 0 Å². The van der Waals surface area contributed by atoms with E-state index >= 15 is 0 Å². The van der Waals surface area contributed by atoms with E-state index < -0.39 is 13.7 Å². The summed E-state index contributed by atoms with van der Waals surface area (Å²) in [7, 11) is -0.301. The van der Waals surface area contributed by atoms with Crippen LogP contribution in [0, 0.1) is 5.41 Å². The Morgan fingerprint density at radius 1 is 1.08 bits per heavy atom. The third-order valence-corrected chi connectivity index (χ3v) is 9.81. The van der Waals surface area contributed by atoms with E-state index in [1.807, 2.05) is 38.1 Å². The van der Waals surface area contributed by atoms with Gasteiger partial charge in [0, 0.05) is 12.0 Å². The molecule has 0 radical (unpaired) electrons. The Kier molecular flexibility index (Phi) is 8.05. The maximum atomic E-state index is 11.6. The van der Waals surface area contributed by atoms with Crippen molar-refractivity contribution in [1.82, 2.24) is 0 Å². The fourth-order valence-corrected chi connectivity index (χ4v) is 3.78. The number of hydrogen-bond donors (Lipinski definition) is 0. The van der Waals surface area contributed by atoms with Crippen LogP contribution in [-0.2, 0) is 20.6 Å². The highest BCUT2D eigenvalue weighted by molar-refractivity contribution is 6.74. The molecule has 1 rings (SSSR count). The lowest BCUT2D eigenvalue weighted by molar-refractivity contribution is -0.120. The molecule has 0 spiro atoms. The quantitative estimate of drug-likeness (QED) is 0.317. The Labute approximate surface area is 160 Å². The van der Waals surface area contributed by atoms with E-state index in [-0.39, 0.29) is 11.1 Å². The van der Waals surface area contributed by atoms with E-state index in [1.165, 1.54) is 0 Å². The van der Waals surface area contributed by atoms with Gasteiger partial charge in [0.05, 0.1) is 19.8 Å². The van der Waals surface area contributed by atoms with Gasteiger partial charge >= 0.3 is 0 Å². The molecule has 0 aliphatic carbocycles. The number of carbonyl (C=O) groups is 1. The second-order valence-electron chi connectivity index (χ2n) is 9.00. The third kappa shape index (κ3) is 6.52. The third-order valence-electron chi connectivity index (χ3n) is 5.33. The SMILES string of the molecule is COc1ccc(COCC[C@H](O[Si](C)(C)C(C)(C)C)C(C)(C)C=O)cc1. The fourth-order valence-electron chi connectivity index (χ4n) is 2.29. The molecule has 0 aliphatic heterocycles. The van der Waals surface area contributed by atoms with Gasteiger partial charge in [-0.05, 0) is 42.2 Å². The highest BCUT2D eigenvalue weighted by Gasteiger charge is 2.42. The van der Waals surface area contributed by atoms with Crippen LogP contribution in [0.15, 0.2) is 24.3 Å². The molecule has 0 amide bonds. The van der Waals surface area contributed by atoms with E-state index in [4.69, 9.17) is 13.9 Å². The van der Waals surface area contributed by atoms with Gasteiger partial charge in [-0.2, -0.15) is 0 Å². The van der Waals surface area contributed by atoms with Crippen molar-refractivity contribution in [2.75, 3.05) is 13.7 Å². The van der Waals surface area contributed by atoms with Gasteiger partial charge in [-0.15, -0.1) is 0 Å². The largest absolute Gasteiger partial charge is 0.497 e. The lowest BCUT2D eigenvalue weighted by atomic mass is 9.87. The van der Waals surface area contributed by atoms with Gasteiger partial charge in [0.15, 0.2) is 8.32 Å². The number of benzene rings is 1. The van der Waals surface area contributed by atoms with Crippen molar-refractivity contribution in [3.63, 3.8) is 0 Å². The Bertz CT molecular complexity index is 558. The fraction of sp³-hybridized carbons (Fsp3) is 0.667. The summed E-state index contributed by atoms with van der Waals surface area (Å²) in [5.74, 6) is 0.837. The zero-order valence-electron chi connectivity index (χ0n) is 17.7. The Morgan fingerprint density at radius 2 is 1.65 bits per heavy atom. The molecule has 0 aromatic heterocycles. The van der Waals surface area contributed by atoms with Crippen LogP contribution in [0.5, 0.6) is 5.75 Å². The first kappa shape index (κ1) is 22.9. The van der Waals surface area contributed by atoms with Gasteiger partial charge < -0.3 is 18.7 Å². The standard InChI is InChI=1S/C21H36O4Si/c1-20(2,3)26(7,8)25-19(21(4,5)16-22)13-14-24-15-17-9-11-18(23-6)12-10-17/h9-12,16,19H,13-15H2,1-8H3/t19-/m0/s1. The number of carbonyl (C=O) groups excluding carboxylic acids is 1. The summed E-state index contributed by atoms with van der Waals surface area (Å²) in [6.07, 6.45) is 1.57. The predicted molar refractivity (Wildman–Crippen MR) is 109 cm³/mol. The van der Waals surface area contributed by atoms with Crippen molar-refractivity contribution >= 4 is 14.6 Å². The maximum absolute atomic E-state index is 11.6. The van der Waals surface area contributed by atoms with Crippen LogP contribution >= 0.6 is 0 Å². The van der Waals surface area contributed by atoms with Gasteiger partial charge in [-0.3, -0.25) is 0 Å². The van der Waals surface area contributed by atoms with E-state index in [9.17, 15) is 4.79 Å². The molecular weight excluding hydrogens is 344 g/mol. The first-order valence-electron chi connectivity index (χ1n) is 9.28. The Hall–Kier alpha value is -1.17. The number of rotatable bonds is 10. The van der Waals surface area contributed by atoms with Gasteiger partial charge in [0.1, 0.15) is 12.0 Å². The second kappa shape index (κ2) is 9.15. The Balaban J connectivity index is 2.65. The molecule has 148 valence electrons. The number of hydrogen-bond acceptors (Lipinski definition) is 4. The normalized spacial score (nSPS) is 14.2. The van der Waals surface area contributed by atoms with Crippen molar-refractivity contribution in [3.05, 3.63) is 29.8 Å². The van der Waals surface area contributed by atoms with E-state index in [1.54, 1.807) is 7.11 Å². The Morgan fingerprint density at radius 3 is 2.12 bits per heavy atom. The topological polar surface area (TPSA) is 44.8 Å². The van der Waals surface area contributed by atoms with E-state index in [2.05, 4.69) is 33.9 Å². The van der Waals surface area contributed by atoms with Gasteiger partial charge in [-0.25, -0.2) is 0 Å². The molecule has 1 aromatic carbocycles. The summed E-state index contributed by atoms with van der Waals surface area (Å²) >= 11 is 0. The summed E-state index contributed by atoms with van der Waals surface area (Å²) in [4.78, 5) is 11.6. The predicted octanol–water partition coefficient (Wildman–Crippen LogP) is 5.22. The zero-order valence-corrected chi connectivity index (χ0v) is 18.7. The van der Waals surface area contributed by atoms with Crippen LogP contribution in [0.25, 0.3) is 0 Å². The number of ether oxygens (including phenoxy) is 2. The van der Waals surface area contributed by atoms with Crippen LogP contribution in [-0.4, -0.2) is 34.4 Å². The van der Waals surface area contributed by atoms with Crippen molar-refractivity contribution in [1.29, 1.82) is 0 Å². The monoisotopic (exact) mass is 380 g/mol. The first-order valence-corrected chi connectivity index (χ1v) is 12.2. The second-order valence-corrected chi connectivity index (χ2v) is 13.8. The maximum Gasteiger partial charge on any atom is 0.192 e. The molecule has 1 aromatic rings. The lowest BCUT2D eigenvalue weighted by Gasteiger charge is -2.42. The zero-order chi connectivity index (χ0) is 20.0. The molecule has 0 unspecified atom stereocenters. The highest BCUT2D eigenvalue weighted by Crippen LogP contribution is 2.40. The van der Waals surface area contributed by atoms with Crippen molar-refractivity contribution < 1.29 is 18.7 Å². The summed E-state index contributed by atoms with van der Waals surface area (Å²) in [6.45, 7) is 16.1. The molecule has 26 heavy (non-hydrogen) atoms. The van der Waals surface area contributed by atoms with Crippen molar-refractivity contribution in [2.45, 2.75) is 71.9 Å².